The number of ether oxygens (including phenoxy) is 2. The van der Waals surface area contributed by atoms with Gasteiger partial charge in [-0.3, -0.25) is 0 Å². The third-order valence-electron chi connectivity index (χ3n) is 4.32. The molecule has 29 heavy (non-hydrogen) atoms. The van der Waals surface area contributed by atoms with E-state index in [4.69, 9.17) is 25.6 Å². The summed E-state index contributed by atoms with van der Waals surface area (Å²) in [6.45, 7) is 1.78. The van der Waals surface area contributed by atoms with E-state index in [2.05, 4.69) is 20.5 Å². The molecular formula is C19H15ClFN5O3. The molecule has 0 N–H and O–H groups in total. The van der Waals surface area contributed by atoms with Crippen LogP contribution in [0.25, 0.3) is 28.7 Å². The summed E-state index contributed by atoms with van der Waals surface area (Å²) in [6, 6.07) is 9.48. The zero-order chi connectivity index (χ0) is 20.5. The van der Waals surface area contributed by atoms with Crippen LogP contribution in [0, 0.1) is 12.7 Å². The third-order valence-corrected chi connectivity index (χ3v) is 4.61. The quantitative estimate of drug-likeness (QED) is 0.484. The summed E-state index contributed by atoms with van der Waals surface area (Å²) in [7, 11) is 3.04. The topological polar surface area (TPSA) is 88.1 Å². The van der Waals surface area contributed by atoms with E-state index < -0.39 is 5.82 Å². The standard InChI is InChI=1S/C19H15ClFN5O3/c1-10-17(19-22-18(24-29-19)11-6-4-5-7-13(11)21)23-25-26(10)14-8-12(20)15(27-2)9-16(14)28-3/h4-9H,1-3H3. The molecule has 8 nitrogen and oxygen atoms in total. The van der Waals surface area contributed by atoms with Crippen molar-refractivity contribution in [3.05, 3.63) is 52.9 Å². The molecule has 0 aliphatic carbocycles. The molecule has 4 aromatic rings. The van der Waals surface area contributed by atoms with Crippen molar-refractivity contribution in [2.75, 3.05) is 14.2 Å². The van der Waals surface area contributed by atoms with Gasteiger partial charge in [-0.25, -0.2) is 9.07 Å². The first kappa shape index (κ1) is 18.9. The number of hydrogen-bond acceptors (Lipinski definition) is 7. The lowest BCUT2D eigenvalue weighted by atomic mass is 10.2. The molecule has 2 aromatic heterocycles. The van der Waals surface area contributed by atoms with Crippen LogP contribution >= 0.6 is 11.6 Å². The molecule has 0 bridgehead atoms. The van der Waals surface area contributed by atoms with E-state index in [1.807, 2.05) is 0 Å². The molecule has 0 atom stereocenters. The fourth-order valence-electron chi connectivity index (χ4n) is 2.84. The molecule has 4 rings (SSSR count). The van der Waals surface area contributed by atoms with Gasteiger partial charge in [0.15, 0.2) is 5.69 Å². The maximum Gasteiger partial charge on any atom is 0.280 e. The van der Waals surface area contributed by atoms with Crippen LogP contribution in [0.2, 0.25) is 5.02 Å². The minimum atomic E-state index is -0.446. The second-order valence-corrected chi connectivity index (χ2v) is 6.40. The van der Waals surface area contributed by atoms with E-state index in [0.29, 0.717) is 33.6 Å². The summed E-state index contributed by atoms with van der Waals surface area (Å²) in [5.41, 5.74) is 1.75. The van der Waals surface area contributed by atoms with Crippen molar-refractivity contribution in [2.45, 2.75) is 6.92 Å². The molecular weight excluding hydrogens is 401 g/mol. The Hall–Kier alpha value is -3.46. The number of nitrogens with zero attached hydrogens (tertiary/aromatic N) is 5. The van der Waals surface area contributed by atoms with Gasteiger partial charge in [-0.05, 0) is 25.1 Å². The zero-order valence-electron chi connectivity index (χ0n) is 15.7. The van der Waals surface area contributed by atoms with Gasteiger partial charge in [-0.1, -0.05) is 34.1 Å². The van der Waals surface area contributed by atoms with E-state index in [0.717, 1.165) is 0 Å². The zero-order valence-corrected chi connectivity index (χ0v) is 16.4. The third kappa shape index (κ3) is 3.29. The molecule has 0 amide bonds. The molecule has 0 radical (unpaired) electrons. The fraction of sp³-hybridized carbons (Fsp3) is 0.158. The van der Waals surface area contributed by atoms with Gasteiger partial charge in [0.1, 0.15) is 23.0 Å². The van der Waals surface area contributed by atoms with Crippen LogP contribution in [0.5, 0.6) is 11.5 Å². The number of hydrogen-bond donors (Lipinski definition) is 0. The Balaban J connectivity index is 1.76. The fourth-order valence-corrected chi connectivity index (χ4v) is 3.07. The van der Waals surface area contributed by atoms with Crippen LogP contribution in [0.3, 0.4) is 0 Å². The summed E-state index contributed by atoms with van der Waals surface area (Å²) in [6.07, 6.45) is 0. The van der Waals surface area contributed by atoms with E-state index >= 15 is 0 Å². The highest BCUT2D eigenvalue weighted by atomic mass is 35.5. The van der Waals surface area contributed by atoms with Crippen LogP contribution in [0.1, 0.15) is 5.69 Å². The van der Waals surface area contributed by atoms with Gasteiger partial charge in [-0.2, -0.15) is 4.98 Å². The smallest absolute Gasteiger partial charge is 0.280 e. The van der Waals surface area contributed by atoms with Crippen molar-refractivity contribution in [3.63, 3.8) is 0 Å². The number of aromatic nitrogens is 5. The van der Waals surface area contributed by atoms with E-state index in [1.165, 1.54) is 25.0 Å². The minimum absolute atomic E-state index is 0.116. The van der Waals surface area contributed by atoms with Gasteiger partial charge in [0, 0.05) is 6.07 Å². The normalized spacial score (nSPS) is 10.9. The molecule has 10 heteroatoms. The van der Waals surface area contributed by atoms with Crippen LogP contribution in [-0.2, 0) is 0 Å². The van der Waals surface area contributed by atoms with Gasteiger partial charge in [-0.15, -0.1) is 5.10 Å². The Bertz CT molecular complexity index is 1190. The molecule has 0 saturated heterocycles. The second kappa shape index (κ2) is 7.51. The number of rotatable bonds is 5. The lowest BCUT2D eigenvalue weighted by Crippen LogP contribution is -2.03. The van der Waals surface area contributed by atoms with Gasteiger partial charge < -0.3 is 14.0 Å². The molecule has 0 saturated carbocycles. The average molecular weight is 416 g/mol. The van der Waals surface area contributed by atoms with Crippen molar-refractivity contribution < 1.29 is 18.4 Å². The monoisotopic (exact) mass is 415 g/mol. The first-order valence-corrected chi connectivity index (χ1v) is 8.84. The molecule has 2 heterocycles. The first-order chi connectivity index (χ1) is 14.0. The first-order valence-electron chi connectivity index (χ1n) is 8.46. The lowest BCUT2D eigenvalue weighted by molar-refractivity contribution is 0.392. The Labute approximate surface area is 169 Å². The molecule has 0 aliphatic heterocycles. The van der Waals surface area contributed by atoms with Crippen LogP contribution in [0.4, 0.5) is 4.39 Å². The Kier molecular flexibility index (Phi) is 4.89. The minimum Gasteiger partial charge on any atom is -0.495 e. The van der Waals surface area contributed by atoms with Crippen molar-refractivity contribution >= 4 is 11.6 Å². The van der Waals surface area contributed by atoms with Crippen LogP contribution in [-0.4, -0.2) is 39.4 Å². The van der Waals surface area contributed by atoms with Crippen LogP contribution < -0.4 is 9.47 Å². The maximum absolute atomic E-state index is 14.0. The highest BCUT2D eigenvalue weighted by molar-refractivity contribution is 6.32. The van der Waals surface area contributed by atoms with Gasteiger partial charge in [0.2, 0.25) is 5.82 Å². The summed E-state index contributed by atoms with van der Waals surface area (Å²) >= 11 is 6.25. The van der Waals surface area contributed by atoms with Crippen molar-refractivity contribution in [1.82, 2.24) is 25.1 Å². The van der Waals surface area contributed by atoms with Crippen molar-refractivity contribution in [3.8, 4) is 40.2 Å². The predicted molar refractivity (Wildman–Crippen MR) is 103 cm³/mol. The van der Waals surface area contributed by atoms with E-state index in [-0.39, 0.29) is 17.3 Å². The predicted octanol–water partition coefficient (Wildman–Crippen LogP) is 4.10. The SMILES string of the molecule is COc1cc(OC)c(-n2nnc(-c3nc(-c4ccccc4F)no3)c2C)cc1Cl. The molecule has 0 spiro atoms. The Morgan fingerprint density at radius 2 is 1.86 bits per heavy atom. The summed E-state index contributed by atoms with van der Waals surface area (Å²) in [4.78, 5) is 4.26. The molecule has 0 aliphatic rings. The summed E-state index contributed by atoms with van der Waals surface area (Å²) in [5, 5.41) is 12.5. The summed E-state index contributed by atoms with van der Waals surface area (Å²) < 4.78 is 31.4. The molecule has 148 valence electrons. The highest BCUT2D eigenvalue weighted by Gasteiger charge is 2.22. The average Bonchev–Trinajstić information content (AvgIpc) is 3.35. The highest BCUT2D eigenvalue weighted by Crippen LogP contribution is 2.36. The molecule has 0 fully saturated rings. The van der Waals surface area contributed by atoms with Gasteiger partial charge in [0.05, 0.1) is 30.5 Å². The molecule has 0 unspecified atom stereocenters. The second-order valence-electron chi connectivity index (χ2n) is 6.00. The maximum atomic E-state index is 14.0. The Morgan fingerprint density at radius 1 is 1.10 bits per heavy atom. The largest absolute Gasteiger partial charge is 0.495 e. The Morgan fingerprint density at radius 3 is 2.59 bits per heavy atom. The summed E-state index contributed by atoms with van der Waals surface area (Å²) in [5.74, 6) is 0.751. The van der Waals surface area contributed by atoms with Crippen molar-refractivity contribution in [1.29, 1.82) is 0 Å². The van der Waals surface area contributed by atoms with Crippen molar-refractivity contribution in [2.24, 2.45) is 0 Å². The lowest BCUT2D eigenvalue weighted by Gasteiger charge is -2.12. The van der Waals surface area contributed by atoms with Gasteiger partial charge >= 0.3 is 0 Å². The molecule has 2 aromatic carbocycles. The number of benzene rings is 2. The van der Waals surface area contributed by atoms with Gasteiger partial charge in [0.25, 0.3) is 5.89 Å². The number of methoxy groups -OCH3 is 2. The van der Waals surface area contributed by atoms with E-state index in [1.54, 1.807) is 37.3 Å². The van der Waals surface area contributed by atoms with E-state index in [9.17, 15) is 4.39 Å². The number of halogens is 2. The van der Waals surface area contributed by atoms with Crippen LogP contribution in [0.15, 0.2) is 40.9 Å².